The molecule has 3 heterocycles. The van der Waals surface area contributed by atoms with Gasteiger partial charge >= 0.3 is 0 Å². The van der Waals surface area contributed by atoms with E-state index in [4.69, 9.17) is 5.73 Å². The lowest BCUT2D eigenvalue weighted by atomic mass is 10.1. The van der Waals surface area contributed by atoms with E-state index in [9.17, 15) is 13.6 Å². The molecule has 3 aromatic heterocycles. The molecule has 0 aliphatic rings. The van der Waals surface area contributed by atoms with Gasteiger partial charge in [-0.15, -0.1) is 0 Å². The van der Waals surface area contributed by atoms with Gasteiger partial charge in [-0.3, -0.25) is 9.78 Å². The summed E-state index contributed by atoms with van der Waals surface area (Å²) in [6.45, 7) is 3.91. The van der Waals surface area contributed by atoms with Crippen molar-refractivity contribution in [3.8, 4) is 11.3 Å². The number of nitrogens with one attached hydrogen (secondary N) is 3. The van der Waals surface area contributed by atoms with Crippen LogP contribution in [-0.2, 0) is 0 Å². The highest BCUT2D eigenvalue weighted by Crippen LogP contribution is 2.32. The molecule has 4 aromatic rings. The Bertz CT molecular complexity index is 1300. The number of fused-ring (bicyclic) bond motifs is 1. The number of carbonyl (C=O) groups excluding carboxylic acids is 1. The summed E-state index contributed by atoms with van der Waals surface area (Å²) in [6.07, 6.45) is 4.72. The zero-order valence-corrected chi connectivity index (χ0v) is 17.5. The second kappa shape index (κ2) is 8.35. The van der Waals surface area contributed by atoms with E-state index in [1.165, 1.54) is 18.3 Å². The van der Waals surface area contributed by atoms with E-state index in [2.05, 4.69) is 25.6 Å². The van der Waals surface area contributed by atoms with Crippen molar-refractivity contribution in [1.82, 2.24) is 20.3 Å². The van der Waals surface area contributed by atoms with Crippen molar-refractivity contribution >= 4 is 28.3 Å². The molecule has 0 radical (unpaired) electrons. The average Bonchev–Trinajstić information content (AvgIpc) is 3.21. The van der Waals surface area contributed by atoms with Gasteiger partial charge in [0.25, 0.3) is 5.91 Å². The van der Waals surface area contributed by atoms with Crippen LogP contribution >= 0.6 is 0 Å². The van der Waals surface area contributed by atoms with Gasteiger partial charge in [0, 0.05) is 47.7 Å². The Balaban J connectivity index is 1.73. The first kappa shape index (κ1) is 21.4. The highest BCUT2D eigenvalue weighted by atomic mass is 19.1. The van der Waals surface area contributed by atoms with Crippen molar-refractivity contribution in [1.29, 1.82) is 0 Å². The molecule has 0 atom stereocenters. The number of benzene rings is 1. The van der Waals surface area contributed by atoms with E-state index in [1.54, 1.807) is 24.5 Å². The highest BCUT2D eigenvalue weighted by molar-refractivity contribution is 6.02. The van der Waals surface area contributed by atoms with E-state index in [0.29, 0.717) is 28.3 Å². The largest absolute Gasteiger partial charge is 0.354 e. The molecule has 4 rings (SSSR count). The van der Waals surface area contributed by atoms with Crippen LogP contribution in [-0.4, -0.2) is 32.9 Å². The number of hydrogen-bond acceptors (Lipinski definition) is 5. The van der Waals surface area contributed by atoms with Crippen molar-refractivity contribution in [3.63, 3.8) is 0 Å². The minimum absolute atomic E-state index is 0.156. The predicted molar refractivity (Wildman–Crippen MR) is 120 cm³/mol. The van der Waals surface area contributed by atoms with Crippen LogP contribution in [0.25, 0.3) is 22.3 Å². The van der Waals surface area contributed by atoms with Gasteiger partial charge < -0.3 is 21.4 Å². The first-order chi connectivity index (χ1) is 15.2. The molecule has 9 heteroatoms. The van der Waals surface area contributed by atoms with Crippen LogP contribution in [0.5, 0.6) is 0 Å². The normalized spacial score (nSPS) is 11.5. The molecule has 1 amide bonds. The van der Waals surface area contributed by atoms with Crippen LogP contribution in [0.2, 0.25) is 0 Å². The molecule has 0 aliphatic carbocycles. The van der Waals surface area contributed by atoms with Crippen molar-refractivity contribution in [2.24, 2.45) is 5.73 Å². The molecule has 0 spiro atoms. The van der Waals surface area contributed by atoms with Crippen LogP contribution in [0.15, 0.2) is 55.0 Å². The Hall–Kier alpha value is -3.85. The molecule has 0 saturated heterocycles. The summed E-state index contributed by atoms with van der Waals surface area (Å²) in [5.41, 5.74) is 7.79. The average molecular weight is 436 g/mol. The lowest BCUT2D eigenvalue weighted by Crippen LogP contribution is -2.45. The molecular formula is C23H22F2N6O. The molecule has 0 unspecified atom stereocenters. The Morgan fingerprint density at radius 1 is 1.16 bits per heavy atom. The van der Waals surface area contributed by atoms with Crippen molar-refractivity contribution < 1.29 is 13.6 Å². The monoisotopic (exact) mass is 436 g/mol. The summed E-state index contributed by atoms with van der Waals surface area (Å²) in [5.74, 6) is -1.72. The Morgan fingerprint density at radius 3 is 2.72 bits per heavy atom. The van der Waals surface area contributed by atoms with E-state index in [-0.39, 0.29) is 18.0 Å². The van der Waals surface area contributed by atoms with Gasteiger partial charge in [0.2, 0.25) is 0 Å². The third-order valence-electron chi connectivity index (χ3n) is 4.78. The number of carbonyl (C=O) groups is 1. The zero-order valence-electron chi connectivity index (χ0n) is 17.5. The summed E-state index contributed by atoms with van der Waals surface area (Å²) < 4.78 is 27.7. The quantitative estimate of drug-likeness (QED) is 0.364. The number of hydrogen-bond donors (Lipinski definition) is 4. The first-order valence-corrected chi connectivity index (χ1v) is 9.93. The standard InChI is InChI=1S/C23H22F2N6O/c1-23(2,26)12-29-22(32)16-11-27-7-6-18(16)30-20-10-19(31-21-15(20)5-8-28-21)14-4-3-13(24)9-17(14)25/h3-11H,12,26H2,1-2H3,(H,29,32)(H2,27,28,30,31). The molecule has 5 N–H and O–H groups in total. The topological polar surface area (TPSA) is 109 Å². The third-order valence-corrected chi connectivity index (χ3v) is 4.78. The zero-order chi connectivity index (χ0) is 22.9. The molecular weight excluding hydrogens is 414 g/mol. The number of H-pyrrole nitrogens is 1. The molecule has 32 heavy (non-hydrogen) atoms. The molecule has 0 aliphatic heterocycles. The van der Waals surface area contributed by atoms with E-state index in [0.717, 1.165) is 11.5 Å². The SMILES string of the molecule is CC(C)(N)CNC(=O)c1cnccc1Nc1cc(-c2ccc(F)cc2F)nc2[nH]ccc12. The van der Waals surface area contributed by atoms with Crippen LogP contribution in [0.1, 0.15) is 24.2 Å². The number of aromatic amines is 1. The van der Waals surface area contributed by atoms with Crippen LogP contribution in [0, 0.1) is 11.6 Å². The third kappa shape index (κ3) is 4.57. The minimum Gasteiger partial charge on any atom is -0.354 e. The second-order valence-corrected chi connectivity index (χ2v) is 8.14. The predicted octanol–water partition coefficient (Wildman–Crippen LogP) is 4.11. The number of nitrogens with zero attached hydrogens (tertiary/aromatic N) is 2. The first-order valence-electron chi connectivity index (χ1n) is 9.93. The number of nitrogens with two attached hydrogens (primary N) is 1. The molecule has 0 bridgehead atoms. The Labute approximate surface area is 183 Å². The fraction of sp³-hybridized carbons (Fsp3) is 0.174. The van der Waals surface area contributed by atoms with Gasteiger partial charge in [-0.05, 0) is 44.2 Å². The Kier molecular flexibility index (Phi) is 5.58. The number of aromatic nitrogens is 3. The van der Waals surface area contributed by atoms with Gasteiger partial charge in [0.15, 0.2) is 0 Å². The lowest BCUT2D eigenvalue weighted by Gasteiger charge is -2.19. The summed E-state index contributed by atoms with van der Waals surface area (Å²) in [4.78, 5) is 24.2. The van der Waals surface area contributed by atoms with Crippen molar-refractivity contribution in [2.75, 3.05) is 11.9 Å². The van der Waals surface area contributed by atoms with Crippen molar-refractivity contribution in [2.45, 2.75) is 19.4 Å². The molecule has 0 fully saturated rings. The number of amides is 1. The highest BCUT2D eigenvalue weighted by Gasteiger charge is 2.18. The number of rotatable bonds is 6. The fourth-order valence-corrected chi connectivity index (χ4v) is 3.21. The molecule has 7 nitrogen and oxygen atoms in total. The van der Waals surface area contributed by atoms with E-state index < -0.39 is 17.2 Å². The smallest absolute Gasteiger partial charge is 0.255 e. The van der Waals surface area contributed by atoms with Crippen LogP contribution < -0.4 is 16.4 Å². The van der Waals surface area contributed by atoms with Crippen LogP contribution in [0.3, 0.4) is 0 Å². The van der Waals surface area contributed by atoms with Crippen molar-refractivity contribution in [3.05, 3.63) is 72.2 Å². The van der Waals surface area contributed by atoms with Gasteiger partial charge in [-0.1, -0.05) is 0 Å². The van der Waals surface area contributed by atoms with Gasteiger partial charge in [0.1, 0.15) is 17.3 Å². The van der Waals surface area contributed by atoms with E-state index in [1.807, 2.05) is 19.9 Å². The molecule has 0 saturated carbocycles. The maximum Gasteiger partial charge on any atom is 0.255 e. The van der Waals surface area contributed by atoms with Crippen LogP contribution in [0.4, 0.5) is 20.2 Å². The fourth-order valence-electron chi connectivity index (χ4n) is 3.21. The summed E-state index contributed by atoms with van der Waals surface area (Å²) in [7, 11) is 0. The summed E-state index contributed by atoms with van der Waals surface area (Å²) in [6, 6.07) is 8.46. The molecule has 164 valence electrons. The van der Waals surface area contributed by atoms with E-state index >= 15 is 0 Å². The molecule has 1 aromatic carbocycles. The lowest BCUT2D eigenvalue weighted by molar-refractivity contribution is 0.0946. The summed E-state index contributed by atoms with van der Waals surface area (Å²) in [5, 5.41) is 6.77. The van der Waals surface area contributed by atoms with Gasteiger partial charge in [-0.25, -0.2) is 13.8 Å². The number of pyridine rings is 2. The van der Waals surface area contributed by atoms with Gasteiger partial charge in [-0.2, -0.15) is 0 Å². The minimum atomic E-state index is -0.720. The van der Waals surface area contributed by atoms with Gasteiger partial charge in [0.05, 0.1) is 22.6 Å². The maximum atomic E-state index is 14.4. The number of halogens is 2. The maximum absolute atomic E-state index is 14.4. The number of anilines is 2. The Morgan fingerprint density at radius 2 is 1.97 bits per heavy atom. The second-order valence-electron chi connectivity index (χ2n) is 8.14. The summed E-state index contributed by atoms with van der Waals surface area (Å²) >= 11 is 0.